The molecule has 0 aromatic heterocycles. The first-order chi connectivity index (χ1) is 31.1. The van der Waals surface area contributed by atoms with E-state index < -0.39 is 144 Å². The molecule has 0 saturated heterocycles. The van der Waals surface area contributed by atoms with Crippen molar-refractivity contribution in [3.8, 4) is 5.75 Å². The molecule has 7 aromatic rings. The average Bonchev–Trinajstić information content (AvgIpc) is 3.32. The van der Waals surface area contributed by atoms with Crippen LogP contribution in [0.4, 0.5) is 87.8 Å². The summed E-state index contributed by atoms with van der Waals surface area (Å²) in [5.41, 5.74) is -11.5. The average molecular weight is 974 g/mol. The second-order valence-electron chi connectivity index (χ2n) is 13.8. The molecule has 0 heterocycles. The molecule has 0 aliphatic heterocycles. The lowest BCUT2D eigenvalue weighted by atomic mass is 9.12. The Kier molecular flexibility index (Phi) is 14.0. The molecule has 346 valence electrons. The molecule has 0 atom stereocenters. The van der Waals surface area contributed by atoms with E-state index in [1.807, 2.05) is 0 Å². The minimum atomic E-state index is -7.22. The van der Waals surface area contributed by atoms with Gasteiger partial charge in [-0.2, -0.15) is 0 Å². The van der Waals surface area contributed by atoms with Gasteiger partial charge >= 0.3 is 0 Å². The van der Waals surface area contributed by atoms with Gasteiger partial charge in [0.1, 0.15) is 69.9 Å². The number of rotatable bonds is 9. The zero-order chi connectivity index (χ0) is 48.8. The molecule has 0 unspecified atom stereocenters. The molecule has 0 aliphatic carbocycles. The van der Waals surface area contributed by atoms with Crippen molar-refractivity contribution in [1.29, 1.82) is 0 Å². The summed E-state index contributed by atoms with van der Waals surface area (Å²) in [5, 5.41) is 2.50. The Morgan fingerprint density at radius 1 is 0.333 bits per heavy atom. The minimum absolute atomic E-state index is 0.953. The molecule has 0 aliphatic rings. The summed E-state index contributed by atoms with van der Waals surface area (Å²) in [4.78, 5) is 0. The lowest BCUT2D eigenvalue weighted by Crippen LogP contribution is -2.81. The fourth-order valence-electron chi connectivity index (χ4n) is 7.41. The van der Waals surface area contributed by atoms with Crippen molar-refractivity contribution in [2.45, 2.75) is 11.5 Å². The van der Waals surface area contributed by atoms with Crippen LogP contribution in [0, 0.1) is 116 Å². The van der Waals surface area contributed by atoms with Gasteiger partial charge in [0.15, 0.2) is 69.8 Å². The maximum absolute atomic E-state index is 15.4. The molecule has 0 spiro atoms. The summed E-state index contributed by atoms with van der Waals surface area (Å²) in [6.07, 6.45) is -7.22. The highest BCUT2D eigenvalue weighted by atomic mass is 32.2. The van der Waals surface area contributed by atoms with Crippen molar-refractivity contribution in [2.75, 3.05) is 7.11 Å². The number of fused-ring (bicyclic) bond motifs is 1. The Labute approximate surface area is 361 Å². The third-order valence-electron chi connectivity index (χ3n) is 10.3. The molecule has 0 bridgehead atoms. The van der Waals surface area contributed by atoms with Crippen LogP contribution in [0.15, 0.2) is 66.7 Å². The van der Waals surface area contributed by atoms with E-state index in [1.54, 1.807) is 7.11 Å². The summed E-state index contributed by atoms with van der Waals surface area (Å²) in [6, 6.07) is 23.4. The zero-order valence-corrected chi connectivity index (χ0v) is 33.2. The third-order valence-corrected chi connectivity index (χ3v) is 11.5. The molecule has 7 aromatic carbocycles. The van der Waals surface area contributed by atoms with Gasteiger partial charge in [-0.05, 0) is 23.2 Å². The van der Waals surface area contributed by atoms with Crippen LogP contribution in [0.3, 0.4) is 0 Å². The van der Waals surface area contributed by atoms with Gasteiger partial charge in [0, 0.05) is 16.5 Å². The molecule has 66 heavy (non-hydrogen) atoms. The molecule has 0 N–H and O–H groups in total. The van der Waals surface area contributed by atoms with Gasteiger partial charge in [-0.3, -0.25) is 0 Å². The van der Waals surface area contributed by atoms with Crippen molar-refractivity contribution < 1.29 is 92.5 Å². The van der Waals surface area contributed by atoms with Crippen LogP contribution in [0.1, 0.15) is 11.1 Å². The van der Waals surface area contributed by atoms with Gasteiger partial charge in [0.25, 0.3) is 0 Å². The van der Waals surface area contributed by atoms with E-state index in [2.05, 4.69) is 66.7 Å². The Morgan fingerprint density at radius 2 is 0.621 bits per heavy atom. The van der Waals surface area contributed by atoms with E-state index in [9.17, 15) is 52.7 Å². The number of ether oxygens (including phenoxy) is 1. The molecular weight excluding hydrogens is 955 g/mol. The normalized spacial score (nSPS) is 11.6. The number of thiol groups is 1. The Morgan fingerprint density at radius 3 is 0.939 bits per heavy atom. The Hall–Kier alpha value is -6.39. The molecule has 23 heteroatoms. The summed E-state index contributed by atoms with van der Waals surface area (Å²) >= 11 is 1.43. The zero-order valence-electron chi connectivity index (χ0n) is 32.3. The minimum Gasteiger partial charge on any atom is -0.496 e. The van der Waals surface area contributed by atoms with Crippen molar-refractivity contribution in [3.05, 3.63) is 194 Å². The number of hydrogen-bond donors (Lipinski definition) is 0. The topological polar surface area (TPSA) is 9.23 Å². The van der Waals surface area contributed by atoms with Crippen molar-refractivity contribution in [3.63, 3.8) is 0 Å². The summed E-state index contributed by atoms with van der Waals surface area (Å²) in [6.45, 7) is 0. The summed E-state index contributed by atoms with van der Waals surface area (Å²) in [5.74, 6) is -68.3. The van der Waals surface area contributed by atoms with Gasteiger partial charge in [-0.1, -0.05) is 60.7 Å². The maximum atomic E-state index is 15.4. The van der Waals surface area contributed by atoms with Crippen molar-refractivity contribution in [2.24, 2.45) is 0 Å². The first-order valence-electron chi connectivity index (χ1n) is 18.0. The number of methoxy groups -OCH3 is 1. The molecule has 0 saturated carbocycles. The standard InChI is InChI=1S/C24BF20.C19H18OS/c26-5-1(6(27)14(35)21(42)13(5)34)25(2-7(28)15(36)22(43)16(37)8(2)29,3-9(30)17(38)23(44)18(39)10(3)31)4-11(32)19(40)24(45)20(41)12(4)33;1-20-19-12-11-16(17-9-5-6-10-18(17)19)14-21-13-15-7-3-2-4-8-15/h;2-12H,13-14H2,1H3/q-1;/p+1. The smallest absolute Gasteiger partial charge is 0.200 e. The summed E-state index contributed by atoms with van der Waals surface area (Å²) < 4.78 is 299. The Balaban J connectivity index is 0.000000284. The first-order valence-corrected chi connectivity index (χ1v) is 19.3. The number of hydrogen-bond acceptors (Lipinski definition) is 1. The fraction of sp³-hybridized carbons (Fsp3) is 0.0698. The lowest BCUT2D eigenvalue weighted by Gasteiger charge is -2.44. The van der Waals surface area contributed by atoms with Gasteiger partial charge in [0.2, 0.25) is 0 Å². The second kappa shape index (κ2) is 18.8. The van der Waals surface area contributed by atoms with E-state index >= 15 is 35.1 Å². The largest absolute Gasteiger partial charge is 0.496 e. The molecule has 7 rings (SSSR count). The number of benzene rings is 7. The van der Waals surface area contributed by atoms with E-state index in [-0.39, 0.29) is 0 Å². The summed E-state index contributed by atoms with van der Waals surface area (Å²) in [7, 11) is 1.73. The quantitative estimate of drug-likeness (QED) is 0.0350. The number of halogens is 20. The van der Waals surface area contributed by atoms with Gasteiger partial charge in [-0.25, -0.2) is 87.8 Å². The van der Waals surface area contributed by atoms with Crippen LogP contribution >= 0.6 is 0 Å². The predicted octanol–water partition coefficient (Wildman–Crippen LogP) is 10.2. The van der Waals surface area contributed by atoms with E-state index in [0.717, 1.165) is 17.3 Å². The van der Waals surface area contributed by atoms with E-state index in [1.165, 1.54) is 33.7 Å². The van der Waals surface area contributed by atoms with Crippen LogP contribution < -0.4 is 26.6 Å². The van der Waals surface area contributed by atoms with Crippen molar-refractivity contribution in [1.82, 2.24) is 0 Å². The molecule has 0 fully saturated rings. The van der Waals surface area contributed by atoms with Crippen LogP contribution in [0.5, 0.6) is 5.75 Å². The molecule has 0 amide bonds. The van der Waals surface area contributed by atoms with E-state index in [4.69, 9.17) is 4.74 Å². The highest BCUT2D eigenvalue weighted by Crippen LogP contribution is 2.32. The molecule has 1 nitrogen and oxygen atoms in total. The monoisotopic (exact) mass is 974 g/mol. The molecule has 0 radical (unpaired) electrons. The first kappa shape index (κ1) is 49.1. The van der Waals surface area contributed by atoms with Crippen LogP contribution in [0.2, 0.25) is 0 Å². The SMILES string of the molecule is COc1ccc(C[SH+]Cc2ccccc2)c2ccccc12.Fc1c(F)c(F)c([B-](c2c(F)c(F)c(F)c(F)c2F)(c2c(F)c(F)c(F)c(F)c2F)c2c(F)c(F)c(F)c(F)c2F)c(F)c1F. The van der Waals surface area contributed by atoms with Crippen molar-refractivity contribution >= 4 is 50.5 Å². The predicted molar refractivity (Wildman–Crippen MR) is 202 cm³/mol. The Bertz CT molecular complexity index is 2680. The van der Waals surface area contributed by atoms with E-state index in [0.29, 0.717) is 0 Å². The van der Waals surface area contributed by atoms with Crippen LogP contribution in [-0.2, 0) is 23.3 Å². The highest BCUT2D eigenvalue weighted by Gasteiger charge is 2.52. The molecular formula is C43H19BF20OS. The van der Waals surface area contributed by atoms with Gasteiger partial charge in [0.05, 0.1) is 7.11 Å². The highest BCUT2D eigenvalue weighted by molar-refractivity contribution is 7.76. The van der Waals surface area contributed by atoms with Crippen LogP contribution in [-0.4, -0.2) is 13.3 Å². The fourth-order valence-corrected chi connectivity index (χ4v) is 8.51. The second-order valence-corrected chi connectivity index (χ2v) is 14.9. The van der Waals surface area contributed by atoms with Gasteiger partial charge < -0.3 is 4.74 Å². The van der Waals surface area contributed by atoms with Crippen LogP contribution in [0.25, 0.3) is 10.8 Å². The maximum Gasteiger partial charge on any atom is 0.200 e. The third kappa shape index (κ3) is 7.83. The lowest BCUT2D eigenvalue weighted by molar-refractivity contribution is 0.378. The van der Waals surface area contributed by atoms with Gasteiger partial charge in [-0.15, -0.1) is 21.9 Å².